The molecule has 106 valence electrons. The lowest BCUT2D eigenvalue weighted by atomic mass is 10.0. The summed E-state index contributed by atoms with van der Waals surface area (Å²) in [5, 5.41) is 11.1. The third-order valence-electron chi connectivity index (χ3n) is 4.05. The van der Waals surface area contributed by atoms with E-state index in [1.165, 1.54) is 22.4 Å². The van der Waals surface area contributed by atoms with Crippen LogP contribution >= 0.6 is 0 Å². The molecule has 0 radical (unpaired) electrons. The van der Waals surface area contributed by atoms with Crippen LogP contribution in [0.25, 0.3) is 0 Å². The highest BCUT2D eigenvalue weighted by atomic mass is 16.5. The predicted molar refractivity (Wildman–Crippen MR) is 79.9 cm³/mol. The first-order valence-corrected chi connectivity index (χ1v) is 7.17. The van der Waals surface area contributed by atoms with Crippen molar-refractivity contribution in [3.8, 4) is 0 Å². The number of fused-ring (bicyclic) bond motifs is 1. The molecule has 1 aromatic heterocycles. The van der Waals surface area contributed by atoms with Crippen LogP contribution in [0.5, 0.6) is 0 Å². The summed E-state index contributed by atoms with van der Waals surface area (Å²) < 4.78 is 5.24. The minimum absolute atomic E-state index is 0.235. The second-order valence-electron chi connectivity index (χ2n) is 5.47. The van der Waals surface area contributed by atoms with E-state index in [0.29, 0.717) is 0 Å². The molecule has 1 aromatic carbocycles. The number of anilines is 1. The summed E-state index contributed by atoms with van der Waals surface area (Å²) in [6.07, 6.45) is 1.13. The van der Waals surface area contributed by atoms with Crippen molar-refractivity contribution >= 4 is 5.69 Å². The summed E-state index contributed by atoms with van der Waals surface area (Å²) in [5.74, 6) is 0.902. The van der Waals surface area contributed by atoms with Gasteiger partial charge in [-0.05, 0) is 38.3 Å². The Hall–Kier alpha value is -1.81. The van der Waals surface area contributed by atoms with E-state index in [0.717, 1.165) is 31.0 Å². The van der Waals surface area contributed by atoms with Crippen LogP contribution in [-0.2, 0) is 13.0 Å². The molecule has 1 atom stereocenters. The number of para-hydroxylation sites is 1. The van der Waals surface area contributed by atoms with Gasteiger partial charge in [0.1, 0.15) is 5.76 Å². The molecule has 0 amide bonds. The van der Waals surface area contributed by atoms with E-state index in [2.05, 4.69) is 40.9 Å². The van der Waals surface area contributed by atoms with Gasteiger partial charge in [0.25, 0.3) is 0 Å². The molecule has 20 heavy (non-hydrogen) atoms. The first-order chi connectivity index (χ1) is 9.66. The summed E-state index contributed by atoms with van der Waals surface area (Å²) >= 11 is 0. The molecule has 0 fully saturated rings. The summed E-state index contributed by atoms with van der Waals surface area (Å²) in [6.45, 7) is 8.01. The van der Waals surface area contributed by atoms with Crippen LogP contribution in [0.15, 0.2) is 22.7 Å². The van der Waals surface area contributed by atoms with Gasteiger partial charge in [-0.1, -0.05) is 23.4 Å². The molecule has 3 rings (SSSR count). The Labute approximate surface area is 119 Å². The maximum Gasteiger partial charge on any atom is 0.138 e. The number of nitrogens with one attached hydrogen (secondary N) is 2. The molecule has 0 aliphatic carbocycles. The van der Waals surface area contributed by atoms with E-state index in [1.54, 1.807) is 0 Å². The Bertz CT molecular complexity index is 599. The van der Waals surface area contributed by atoms with Crippen molar-refractivity contribution in [3.05, 3.63) is 46.3 Å². The van der Waals surface area contributed by atoms with Crippen molar-refractivity contribution in [2.45, 2.75) is 39.8 Å². The largest absolute Gasteiger partial charge is 0.384 e. The minimum atomic E-state index is 0.235. The lowest BCUT2D eigenvalue weighted by molar-refractivity contribution is 0.390. The summed E-state index contributed by atoms with van der Waals surface area (Å²) in [6, 6.07) is 6.77. The Kier molecular flexibility index (Phi) is 3.49. The fourth-order valence-electron chi connectivity index (χ4n) is 3.03. The fourth-order valence-corrected chi connectivity index (χ4v) is 3.03. The van der Waals surface area contributed by atoms with Crippen LogP contribution in [0.1, 0.15) is 41.1 Å². The third-order valence-corrected chi connectivity index (χ3v) is 4.05. The molecule has 2 heterocycles. The molecule has 0 spiro atoms. The topological polar surface area (TPSA) is 50.1 Å². The van der Waals surface area contributed by atoms with Crippen molar-refractivity contribution in [2.24, 2.45) is 0 Å². The van der Waals surface area contributed by atoms with Crippen molar-refractivity contribution in [3.63, 3.8) is 0 Å². The summed E-state index contributed by atoms with van der Waals surface area (Å²) in [4.78, 5) is 0. The maximum absolute atomic E-state index is 5.24. The van der Waals surface area contributed by atoms with Gasteiger partial charge >= 0.3 is 0 Å². The van der Waals surface area contributed by atoms with Gasteiger partial charge in [-0.25, -0.2) is 0 Å². The lowest BCUT2D eigenvalue weighted by Gasteiger charge is -2.15. The van der Waals surface area contributed by atoms with E-state index in [9.17, 15) is 0 Å². The molecule has 0 saturated heterocycles. The van der Waals surface area contributed by atoms with Crippen molar-refractivity contribution < 1.29 is 4.52 Å². The molecule has 2 aromatic rings. The zero-order chi connectivity index (χ0) is 14.1. The van der Waals surface area contributed by atoms with E-state index in [1.807, 2.05) is 13.8 Å². The highest BCUT2D eigenvalue weighted by Crippen LogP contribution is 2.27. The Morgan fingerprint density at radius 1 is 1.40 bits per heavy atom. The monoisotopic (exact) mass is 271 g/mol. The molecular weight excluding hydrogens is 250 g/mol. The number of rotatable bonds is 4. The van der Waals surface area contributed by atoms with Crippen LogP contribution in [0.2, 0.25) is 0 Å². The normalized spacial score (nSPS) is 14.9. The van der Waals surface area contributed by atoms with Gasteiger partial charge in [-0.15, -0.1) is 0 Å². The van der Waals surface area contributed by atoms with Crippen LogP contribution < -0.4 is 10.6 Å². The first-order valence-electron chi connectivity index (χ1n) is 7.17. The van der Waals surface area contributed by atoms with Gasteiger partial charge < -0.3 is 15.2 Å². The maximum atomic E-state index is 5.24. The Morgan fingerprint density at radius 2 is 2.25 bits per heavy atom. The van der Waals surface area contributed by atoms with Gasteiger partial charge in [-0.2, -0.15) is 0 Å². The third kappa shape index (κ3) is 2.31. The number of benzene rings is 1. The molecule has 1 unspecified atom stereocenters. The SMILES string of the molecule is Cc1noc(C)c1C(C)NCc1cccc2c1NCC2. The highest BCUT2D eigenvalue weighted by molar-refractivity contribution is 5.61. The van der Waals surface area contributed by atoms with E-state index < -0.39 is 0 Å². The number of aromatic nitrogens is 1. The highest BCUT2D eigenvalue weighted by Gasteiger charge is 2.18. The molecule has 1 aliphatic rings. The minimum Gasteiger partial charge on any atom is -0.384 e. The predicted octanol–water partition coefficient (Wildman–Crippen LogP) is 3.11. The number of hydrogen-bond donors (Lipinski definition) is 2. The smallest absolute Gasteiger partial charge is 0.138 e. The second-order valence-corrected chi connectivity index (χ2v) is 5.47. The van der Waals surface area contributed by atoms with Crippen LogP contribution in [-0.4, -0.2) is 11.7 Å². The number of hydrogen-bond acceptors (Lipinski definition) is 4. The Balaban J connectivity index is 1.73. The van der Waals surface area contributed by atoms with E-state index in [4.69, 9.17) is 4.52 Å². The lowest BCUT2D eigenvalue weighted by Crippen LogP contribution is -2.19. The quantitative estimate of drug-likeness (QED) is 0.897. The molecule has 1 aliphatic heterocycles. The van der Waals surface area contributed by atoms with Crippen molar-refractivity contribution in [2.75, 3.05) is 11.9 Å². The van der Waals surface area contributed by atoms with Gasteiger partial charge in [0, 0.05) is 30.4 Å². The molecule has 0 saturated carbocycles. The molecule has 0 bridgehead atoms. The van der Waals surface area contributed by atoms with E-state index >= 15 is 0 Å². The molecular formula is C16H21N3O. The second kappa shape index (κ2) is 5.29. The standard InChI is InChI=1S/C16H21N3O/c1-10(15-11(2)19-20-12(15)3)18-9-14-6-4-5-13-7-8-17-16(13)14/h4-6,10,17-18H,7-9H2,1-3H3. The first kappa shape index (κ1) is 13.2. The van der Waals surface area contributed by atoms with Crippen LogP contribution in [0, 0.1) is 13.8 Å². The summed E-state index contributed by atoms with van der Waals surface area (Å²) in [5.41, 5.74) is 6.21. The Morgan fingerprint density at radius 3 is 3.00 bits per heavy atom. The number of aryl methyl sites for hydroxylation is 2. The fraction of sp³-hybridized carbons (Fsp3) is 0.438. The van der Waals surface area contributed by atoms with Gasteiger partial charge in [-0.3, -0.25) is 0 Å². The summed E-state index contributed by atoms with van der Waals surface area (Å²) in [7, 11) is 0. The zero-order valence-electron chi connectivity index (χ0n) is 12.3. The average Bonchev–Trinajstić information content (AvgIpc) is 3.03. The van der Waals surface area contributed by atoms with Crippen molar-refractivity contribution in [1.82, 2.24) is 10.5 Å². The van der Waals surface area contributed by atoms with Gasteiger partial charge in [0.05, 0.1) is 5.69 Å². The van der Waals surface area contributed by atoms with Crippen LogP contribution in [0.4, 0.5) is 5.69 Å². The van der Waals surface area contributed by atoms with Crippen LogP contribution in [0.3, 0.4) is 0 Å². The zero-order valence-corrected chi connectivity index (χ0v) is 12.3. The number of nitrogens with zero attached hydrogens (tertiary/aromatic N) is 1. The van der Waals surface area contributed by atoms with Crippen molar-refractivity contribution in [1.29, 1.82) is 0 Å². The van der Waals surface area contributed by atoms with E-state index in [-0.39, 0.29) is 6.04 Å². The van der Waals surface area contributed by atoms with Gasteiger partial charge in [0.2, 0.25) is 0 Å². The molecule has 4 nitrogen and oxygen atoms in total. The molecule has 2 N–H and O–H groups in total. The van der Waals surface area contributed by atoms with Gasteiger partial charge in [0.15, 0.2) is 0 Å². The molecule has 4 heteroatoms. The average molecular weight is 271 g/mol.